The van der Waals surface area contributed by atoms with Crippen LogP contribution in [0.3, 0.4) is 0 Å². The summed E-state index contributed by atoms with van der Waals surface area (Å²) in [4.78, 5) is 11.9. The number of rotatable bonds is 3. The molecule has 0 radical (unpaired) electrons. The van der Waals surface area contributed by atoms with Gasteiger partial charge in [0.05, 0.1) is 12.7 Å². The molecule has 0 aliphatic carbocycles. The van der Waals surface area contributed by atoms with Crippen LogP contribution in [-0.2, 0) is 6.42 Å². The topological polar surface area (TPSA) is 56.2 Å². The molecule has 0 saturated carbocycles. The van der Waals surface area contributed by atoms with Crippen molar-refractivity contribution in [1.29, 1.82) is 0 Å². The minimum Gasteiger partial charge on any atom is -0.469 e. The van der Waals surface area contributed by atoms with Crippen LogP contribution in [0.15, 0.2) is 45.5 Å². The van der Waals surface area contributed by atoms with E-state index < -0.39 is 0 Å². The highest BCUT2D eigenvalue weighted by molar-refractivity contribution is 9.10. The molecule has 0 aliphatic heterocycles. The summed E-state index contributed by atoms with van der Waals surface area (Å²) in [5.41, 5.74) is 6.89. The summed E-state index contributed by atoms with van der Waals surface area (Å²) >= 11 is 3.29. The molecule has 1 aromatic heterocycles. The van der Waals surface area contributed by atoms with Gasteiger partial charge in [0, 0.05) is 15.7 Å². The number of nitrogen functional groups attached to an aromatic ring is 1. The van der Waals surface area contributed by atoms with Crippen molar-refractivity contribution in [3.63, 3.8) is 0 Å². The van der Waals surface area contributed by atoms with E-state index in [-0.39, 0.29) is 12.2 Å². The number of halogens is 1. The van der Waals surface area contributed by atoms with Crippen LogP contribution in [0.4, 0.5) is 5.69 Å². The Labute approximate surface area is 101 Å². The summed E-state index contributed by atoms with van der Waals surface area (Å²) < 4.78 is 5.86. The van der Waals surface area contributed by atoms with Crippen molar-refractivity contribution in [2.45, 2.75) is 6.42 Å². The van der Waals surface area contributed by atoms with Gasteiger partial charge >= 0.3 is 0 Å². The van der Waals surface area contributed by atoms with E-state index in [0.29, 0.717) is 17.0 Å². The predicted octanol–water partition coefficient (Wildman–Crippen LogP) is 3.05. The average molecular weight is 280 g/mol. The zero-order valence-corrected chi connectivity index (χ0v) is 10.0. The van der Waals surface area contributed by atoms with Gasteiger partial charge < -0.3 is 10.2 Å². The van der Waals surface area contributed by atoms with Crippen molar-refractivity contribution in [2.24, 2.45) is 0 Å². The molecule has 0 bridgehead atoms. The number of hydrogen-bond acceptors (Lipinski definition) is 3. The molecule has 82 valence electrons. The molecule has 0 saturated heterocycles. The molecule has 1 aromatic carbocycles. The predicted molar refractivity (Wildman–Crippen MR) is 65.3 cm³/mol. The number of anilines is 1. The molecule has 1 heterocycles. The van der Waals surface area contributed by atoms with E-state index in [9.17, 15) is 4.79 Å². The van der Waals surface area contributed by atoms with Crippen LogP contribution in [0, 0.1) is 0 Å². The van der Waals surface area contributed by atoms with E-state index in [1.165, 1.54) is 0 Å². The Hall–Kier alpha value is -1.55. The van der Waals surface area contributed by atoms with Crippen LogP contribution >= 0.6 is 15.9 Å². The first-order valence-corrected chi connectivity index (χ1v) is 5.57. The third-order valence-electron chi connectivity index (χ3n) is 2.24. The van der Waals surface area contributed by atoms with Gasteiger partial charge in [-0.1, -0.05) is 0 Å². The Balaban J connectivity index is 2.18. The van der Waals surface area contributed by atoms with Crippen molar-refractivity contribution in [3.05, 3.63) is 52.4 Å². The highest BCUT2D eigenvalue weighted by Gasteiger charge is 2.09. The number of Topliss-reactive ketones (excluding diaryl/α,β-unsaturated/α-hetero) is 1. The van der Waals surface area contributed by atoms with Gasteiger partial charge in [0.2, 0.25) is 0 Å². The molecular formula is C12H10BrNO2. The van der Waals surface area contributed by atoms with E-state index in [1.807, 2.05) is 0 Å². The summed E-state index contributed by atoms with van der Waals surface area (Å²) in [5, 5.41) is 0. The molecule has 4 heteroatoms. The lowest BCUT2D eigenvalue weighted by Crippen LogP contribution is -2.03. The molecule has 0 unspecified atom stereocenters. The molecule has 0 amide bonds. The average Bonchev–Trinajstić information content (AvgIpc) is 2.74. The van der Waals surface area contributed by atoms with Crippen molar-refractivity contribution in [3.8, 4) is 0 Å². The van der Waals surface area contributed by atoms with Crippen LogP contribution in [0.25, 0.3) is 0 Å². The van der Waals surface area contributed by atoms with Crippen LogP contribution in [0.5, 0.6) is 0 Å². The summed E-state index contributed by atoms with van der Waals surface area (Å²) in [6.45, 7) is 0. The Morgan fingerprint density at radius 2 is 2.19 bits per heavy atom. The molecule has 0 atom stereocenters. The minimum atomic E-state index is 0.00986. The lowest BCUT2D eigenvalue weighted by atomic mass is 10.1. The number of nitrogens with two attached hydrogens (primary N) is 1. The van der Waals surface area contributed by atoms with E-state index >= 15 is 0 Å². The molecule has 2 rings (SSSR count). The Kier molecular flexibility index (Phi) is 3.10. The number of hydrogen-bond donors (Lipinski definition) is 1. The largest absolute Gasteiger partial charge is 0.469 e. The summed E-state index contributed by atoms with van der Waals surface area (Å²) in [6, 6.07) is 8.69. The monoisotopic (exact) mass is 279 g/mol. The highest BCUT2D eigenvalue weighted by atomic mass is 79.9. The fourth-order valence-corrected chi connectivity index (χ4v) is 1.75. The first-order valence-electron chi connectivity index (χ1n) is 4.77. The van der Waals surface area contributed by atoms with E-state index in [2.05, 4.69) is 15.9 Å². The van der Waals surface area contributed by atoms with Crippen molar-refractivity contribution in [2.75, 3.05) is 5.73 Å². The van der Waals surface area contributed by atoms with Crippen LogP contribution in [0.2, 0.25) is 0 Å². The number of benzene rings is 1. The molecule has 0 spiro atoms. The van der Waals surface area contributed by atoms with Gasteiger partial charge in [0.25, 0.3) is 0 Å². The first-order chi connectivity index (χ1) is 7.66. The molecule has 2 N–H and O–H groups in total. The number of ketones is 1. The zero-order valence-electron chi connectivity index (χ0n) is 8.44. The first kappa shape index (κ1) is 11.0. The minimum absolute atomic E-state index is 0.00986. The molecule has 2 aromatic rings. The Morgan fingerprint density at radius 1 is 1.38 bits per heavy atom. The van der Waals surface area contributed by atoms with Crippen LogP contribution in [0.1, 0.15) is 16.1 Å². The number of furan rings is 1. The van der Waals surface area contributed by atoms with Crippen molar-refractivity contribution < 1.29 is 9.21 Å². The smallest absolute Gasteiger partial charge is 0.170 e. The molecule has 0 aliphatic rings. The Morgan fingerprint density at radius 3 is 2.81 bits per heavy atom. The molecule has 16 heavy (non-hydrogen) atoms. The van der Waals surface area contributed by atoms with Crippen molar-refractivity contribution >= 4 is 27.4 Å². The number of carbonyl (C=O) groups is 1. The van der Waals surface area contributed by atoms with Crippen molar-refractivity contribution in [1.82, 2.24) is 0 Å². The maximum Gasteiger partial charge on any atom is 0.170 e. The maximum absolute atomic E-state index is 11.9. The molecular weight excluding hydrogens is 270 g/mol. The normalized spacial score (nSPS) is 10.3. The quantitative estimate of drug-likeness (QED) is 0.694. The molecule has 0 fully saturated rings. The fraction of sp³-hybridized carbons (Fsp3) is 0.0833. The van der Waals surface area contributed by atoms with Gasteiger partial charge in [0.1, 0.15) is 5.76 Å². The lowest BCUT2D eigenvalue weighted by Gasteiger charge is -2.02. The second-order valence-corrected chi connectivity index (χ2v) is 4.27. The standard InChI is InChI=1S/C12H10BrNO2/c13-10-6-8(3-4-11(10)14)12(15)7-9-2-1-5-16-9/h1-6H,7,14H2. The lowest BCUT2D eigenvalue weighted by molar-refractivity contribution is 0.0987. The summed E-state index contributed by atoms with van der Waals surface area (Å²) in [6.07, 6.45) is 1.82. The van der Waals surface area contributed by atoms with Crippen LogP contribution in [-0.4, -0.2) is 5.78 Å². The van der Waals surface area contributed by atoms with Gasteiger partial charge in [-0.15, -0.1) is 0 Å². The molecule has 3 nitrogen and oxygen atoms in total. The third kappa shape index (κ3) is 2.33. The van der Waals surface area contributed by atoms with Crippen LogP contribution < -0.4 is 5.73 Å². The second kappa shape index (κ2) is 4.53. The fourth-order valence-electron chi connectivity index (χ4n) is 1.37. The summed E-state index contributed by atoms with van der Waals surface area (Å²) in [7, 11) is 0. The zero-order chi connectivity index (χ0) is 11.5. The van der Waals surface area contributed by atoms with Gasteiger partial charge in [0.15, 0.2) is 5.78 Å². The van der Waals surface area contributed by atoms with E-state index in [4.69, 9.17) is 10.2 Å². The van der Waals surface area contributed by atoms with Gasteiger partial charge in [-0.3, -0.25) is 4.79 Å². The second-order valence-electron chi connectivity index (χ2n) is 3.42. The van der Waals surface area contributed by atoms with E-state index in [1.54, 1.807) is 36.6 Å². The van der Waals surface area contributed by atoms with Gasteiger partial charge in [-0.25, -0.2) is 0 Å². The number of carbonyl (C=O) groups excluding carboxylic acids is 1. The maximum atomic E-state index is 11.9. The Bertz CT molecular complexity index is 506. The highest BCUT2D eigenvalue weighted by Crippen LogP contribution is 2.21. The van der Waals surface area contributed by atoms with E-state index in [0.717, 1.165) is 4.47 Å². The third-order valence-corrected chi connectivity index (χ3v) is 2.92. The van der Waals surface area contributed by atoms with Gasteiger partial charge in [-0.05, 0) is 46.3 Å². The van der Waals surface area contributed by atoms with Gasteiger partial charge in [-0.2, -0.15) is 0 Å². The summed E-state index contributed by atoms with van der Waals surface area (Å²) in [5.74, 6) is 0.675. The SMILES string of the molecule is Nc1ccc(C(=O)Cc2ccco2)cc1Br.